The van der Waals surface area contributed by atoms with E-state index in [1.807, 2.05) is 0 Å². The number of fused-ring (bicyclic) bond motifs is 8. The van der Waals surface area contributed by atoms with Crippen LogP contribution < -0.4 is 14.4 Å². The van der Waals surface area contributed by atoms with Crippen molar-refractivity contribution >= 4 is 22.5 Å². The van der Waals surface area contributed by atoms with Crippen molar-refractivity contribution in [2.45, 2.75) is 18.4 Å². The Balaban J connectivity index is 1.41. The number of anilines is 1. The van der Waals surface area contributed by atoms with Crippen LogP contribution >= 0.6 is 0 Å². The van der Waals surface area contributed by atoms with Crippen molar-refractivity contribution in [3.63, 3.8) is 0 Å². The van der Waals surface area contributed by atoms with Crippen molar-refractivity contribution < 1.29 is 9.47 Å². The van der Waals surface area contributed by atoms with Gasteiger partial charge in [0, 0.05) is 47.4 Å². The molecule has 0 amide bonds. The number of benzene rings is 6. The van der Waals surface area contributed by atoms with Gasteiger partial charge in [-0.05, 0) is 82.5 Å². The number of rotatable bonds is 5. The van der Waals surface area contributed by atoms with Crippen LogP contribution in [0.5, 0.6) is 11.5 Å². The fourth-order valence-corrected chi connectivity index (χ4v) is 7.30. The largest absolute Gasteiger partial charge is 0.497 e. The van der Waals surface area contributed by atoms with E-state index < -0.39 is 5.60 Å². The van der Waals surface area contributed by atoms with Crippen LogP contribution in [0.15, 0.2) is 127 Å². The van der Waals surface area contributed by atoms with E-state index in [1.54, 1.807) is 7.11 Å². The molecule has 0 bridgehead atoms. The predicted molar refractivity (Wildman–Crippen MR) is 186 cm³/mol. The zero-order valence-corrected chi connectivity index (χ0v) is 25.9. The van der Waals surface area contributed by atoms with E-state index in [0.717, 1.165) is 46.5 Å². The van der Waals surface area contributed by atoms with Crippen LogP contribution in [0.1, 0.15) is 27.8 Å². The van der Waals surface area contributed by atoms with E-state index in [-0.39, 0.29) is 0 Å². The number of hydrogen-bond donors (Lipinski definition) is 0. The topological polar surface area (TPSA) is 21.7 Å². The summed E-state index contributed by atoms with van der Waals surface area (Å²) in [4.78, 5) is 2.18. The highest BCUT2D eigenvalue weighted by molar-refractivity contribution is 6.06. The first-order valence-electron chi connectivity index (χ1n) is 15.6. The average Bonchev–Trinajstić information content (AvgIpc) is 3.11. The van der Waals surface area contributed by atoms with E-state index in [9.17, 15) is 0 Å². The monoisotopic (exact) mass is 585 g/mol. The van der Waals surface area contributed by atoms with Crippen LogP contribution in [0.4, 0.5) is 5.69 Å². The fourth-order valence-electron chi connectivity index (χ4n) is 7.30. The van der Waals surface area contributed by atoms with Gasteiger partial charge >= 0.3 is 0 Å². The van der Waals surface area contributed by atoms with Crippen molar-refractivity contribution in [2.24, 2.45) is 0 Å². The molecule has 6 aromatic rings. The molecule has 6 aromatic carbocycles. The minimum atomic E-state index is -0.834. The first-order chi connectivity index (χ1) is 22.1. The lowest BCUT2D eigenvalue weighted by molar-refractivity contribution is 0.163. The van der Waals surface area contributed by atoms with Crippen molar-refractivity contribution in [3.05, 3.63) is 155 Å². The Kier molecular flexibility index (Phi) is 6.49. The lowest BCUT2D eigenvalue weighted by Crippen LogP contribution is -2.35. The van der Waals surface area contributed by atoms with E-state index in [0.29, 0.717) is 0 Å². The Labute approximate surface area is 265 Å². The third-order valence-corrected chi connectivity index (χ3v) is 9.49. The molecule has 45 heavy (non-hydrogen) atoms. The number of aryl methyl sites for hydroxylation is 1. The zero-order chi connectivity index (χ0) is 30.5. The number of nitrogens with zero attached hydrogens (tertiary/aromatic N) is 1. The van der Waals surface area contributed by atoms with Crippen molar-refractivity contribution in [3.8, 4) is 33.8 Å². The molecule has 0 spiro atoms. The Morgan fingerprint density at radius 2 is 1.44 bits per heavy atom. The fraction of sp³-hybridized carbons (Fsp3) is 0.143. The van der Waals surface area contributed by atoms with Gasteiger partial charge in [0.15, 0.2) is 5.60 Å². The van der Waals surface area contributed by atoms with Crippen LogP contribution in [0.3, 0.4) is 0 Å². The minimum absolute atomic E-state index is 0.818. The molecule has 1 aliphatic carbocycles. The standard InChI is InChI=1S/C42H35NO2/c1-43(2)39-23-19-31(26-37(39)28-12-6-4-7-13-28)42(30-15-8-5-9-16-30)25-24-36-34-21-18-29-14-10-11-17-33(29)40(34)35-22-20-32(44-3)27-38(35)41(36)45-42/h4-17,19-20,22-27H,18,21H2,1-3H3. The molecule has 1 atom stereocenters. The summed E-state index contributed by atoms with van der Waals surface area (Å²) in [5.41, 5.74) is 11.4. The average molecular weight is 586 g/mol. The zero-order valence-electron chi connectivity index (χ0n) is 25.9. The van der Waals surface area contributed by atoms with Gasteiger partial charge in [-0.15, -0.1) is 0 Å². The lowest BCUT2D eigenvalue weighted by atomic mass is 9.77. The molecule has 0 saturated carbocycles. The van der Waals surface area contributed by atoms with Gasteiger partial charge in [0.2, 0.25) is 0 Å². The molecule has 8 rings (SSSR count). The third kappa shape index (κ3) is 4.34. The molecule has 1 unspecified atom stereocenters. The van der Waals surface area contributed by atoms with Gasteiger partial charge in [0.1, 0.15) is 11.5 Å². The Hall–Kier alpha value is -5.28. The molecule has 0 fully saturated rings. The second-order valence-electron chi connectivity index (χ2n) is 12.2. The van der Waals surface area contributed by atoms with Gasteiger partial charge < -0.3 is 14.4 Å². The highest BCUT2D eigenvalue weighted by Crippen LogP contribution is 2.52. The Morgan fingerprint density at radius 3 is 2.22 bits per heavy atom. The van der Waals surface area contributed by atoms with Gasteiger partial charge in [-0.3, -0.25) is 0 Å². The van der Waals surface area contributed by atoms with Gasteiger partial charge in [-0.25, -0.2) is 0 Å². The first kappa shape index (κ1) is 27.3. The normalized spacial score (nSPS) is 16.3. The summed E-state index contributed by atoms with van der Waals surface area (Å²) in [7, 11) is 5.93. The van der Waals surface area contributed by atoms with Crippen LogP contribution in [-0.4, -0.2) is 21.2 Å². The predicted octanol–water partition coefficient (Wildman–Crippen LogP) is 9.70. The second-order valence-corrected chi connectivity index (χ2v) is 12.2. The highest BCUT2D eigenvalue weighted by atomic mass is 16.5. The van der Waals surface area contributed by atoms with Crippen LogP contribution in [0.25, 0.3) is 39.1 Å². The summed E-state index contributed by atoms with van der Waals surface area (Å²) in [5, 5.41) is 2.26. The maximum atomic E-state index is 7.49. The van der Waals surface area contributed by atoms with Gasteiger partial charge in [0.05, 0.1) is 7.11 Å². The summed E-state index contributed by atoms with van der Waals surface area (Å²) in [5.74, 6) is 1.73. The van der Waals surface area contributed by atoms with Gasteiger partial charge in [-0.1, -0.05) is 97.1 Å². The number of ether oxygens (including phenoxy) is 2. The second kappa shape index (κ2) is 10.7. The van der Waals surface area contributed by atoms with Gasteiger partial charge in [0.25, 0.3) is 0 Å². The molecule has 220 valence electrons. The number of methoxy groups -OCH3 is 1. The molecule has 1 aliphatic heterocycles. The maximum absolute atomic E-state index is 7.49. The van der Waals surface area contributed by atoms with E-state index in [2.05, 4.69) is 152 Å². The van der Waals surface area contributed by atoms with Crippen LogP contribution in [0.2, 0.25) is 0 Å². The minimum Gasteiger partial charge on any atom is -0.497 e. The van der Waals surface area contributed by atoms with Gasteiger partial charge in [-0.2, -0.15) is 0 Å². The molecule has 0 aromatic heterocycles. The molecule has 2 aliphatic rings. The smallest absolute Gasteiger partial charge is 0.178 e. The molecule has 0 radical (unpaired) electrons. The SMILES string of the molecule is COc1ccc2c3c(c4c(c2c1)OC(c1ccccc1)(c1ccc(N(C)C)c(-c2ccccc2)c1)C=C4)CCc1ccccc1-3. The van der Waals surface area contributed by atoms with E-state index >= 15 is 0 Å². The van der Waals surface area contributed by atoms with Crippen molar-refractivity contribution in [2.75, 3.05) is 26.1 Å². The highest BCUT2D eigenvalue weighted by Gasteiger charge is 2.40. The van der Waals surface area contributed by atoms with Crippen molar-refractivity contribution in [1.82, 2.24) is 0 Å². The molecular formula is C42H35NO2. The summed E-state index contributed by atoms with van der Waals surface area (Å²) in [6, 6.07) is 43.2. The Bertz CT molecular complexity index is 2100. The Morgan fingerprint density at radius 1 is 0.689 bits per heavy atom. The summed E-state index contributed by atoms with van der Waals surface area (Å²) < 4.78 is 13.3. The summed E-state index contributed by atoms with van der Waals surface area (Å²) in [6.07, 6.45) is 6.58. The first-order valence-corrected chi connectivity index (χ1v) is 15.6. The molecule has 3 nitrogen and oxygen atoms in total. The molecular weight excluding hydrogens is 550 g/mol. The summed E-state index contributed by atoms with van der Waals surface area (Å²) >= 11 is 0. The lowest BCUT2D eigenvalue weighted by Gasteiger charge is -2.39. The molecule has 0 saturated heterocycles. The molecule has 3 heteroatoms. The van der Waals surface area contributed by atoms with Crippen molar-refractivity contribution in [1.29, 1.82) is 0 Å². The quantitative estimate of drug-likeness (QED) is 0.201. The molecule has 0 N–H and O–H groups in total. The summed E-state index contributed by atoms with van der Waals surface area (Å²) in [6.45, 7) is 0. The van der Waals surface area contributed by atoms with Crippen LogP contribution in [0, 0.1) is 0 Å². The third-order valence-electron chi connectivity index (χ3n) is 9.49. The number of hydrogen-bond acceptors (Lipinski definition) is 3. The maximum Gasteiger partial charge on any atom is 0.178 e. The van der Waals surface area contributed by atoms with Crippen LogP contribution in [-0.2, 0) is 18.4 Å². The van der Waals surface area contributed by atoms with E-state index in [1.165, 1.54) is 44.3 Å². The molecule has 1 heterocycles. The van der Waals surface area contributed by atoms with E-state index in [4.69, 9.17) is 9.47 Å².